The lowest BCUT2D eigenvalue weighted by molar-refractivity contribution is -0.122. The van der Waals surface area contributed by atoms with Crippen LogP contribution in [0, 0.1) is 17.8 Å². The lowest BCUT2D eigenvalue weighted by Gasteiger charge is -2.30. The first-order valence-corrected chi connectivity index (χ1v) is 14.5. The zero-order chi connectivity index (χ0) is 29.5. The third kappa shape index (κ3) is 5.20. The van der Waals surface area contributed by atoms with Crippen molar-refractivity contribution in [2.24, 2.45) is 17.8 Å². The Kier molecular flexibility index (Phi) is 7.81. The fraction of sp³-hybridized carbons (Fsp3) is 0.273. The van der Waals surface area contributed by atoms with Crippen LogP contribution in [0.4, 0.5) is 5.69 Å². The largest absolute Gasteiger partial charge is 0.508 e. The van der Waals surface area contributed by atoms with E-state index in [0.717, 1.165) is 27.8 Å². The first-order valence-electron chi connectivity index (χ1n) is 14.1. The van der Waals surface area contributed by atoms with E-state index in [-0.39, 0.29) is 35.0 Å². The standard InChI is InChI=1S/C33H31BClNO6/c1-19-14-26-31(33(39)36(32(26)38)24-9-5-8-23(16-24)34(40)41)27-18-42-29(30(19)27)13-11-21(20-6-3-2-4-7-20)15-22-10-12-25(37)17-28(22)35/h2-10,12,15-17,26-27,29,31,37,40-41H,11,13-14,18H2,1H3/b21-15-/t26-,27+,29-,31-/m1/s1. The molecule has 2 amide bonds. The SMILES string of the molecule is CC1=C2[C@@H](CC/C(=C/c3ccc(O)cc3Cl)c3ccccc3)OC[C@@H]2[C@@H]2C(=O)N(c3cccc(B(O)O)c3)C(=O)[C@@H]2C1. The van der Waals surface area contributed by atoms with Gasteiger partial charge in [-0.3, -0.25) is 14.5 Å². The van der Waals surface area contributed by atoms with Gasteiger partial charge in [0.2, 0.25) is 11.8 Å². The molecule has 3 aromatic rings. The quantitative estimate of drug-likeness (QED) is 0.163. The van der Waals surface area contributed by atoms with Gasteiger partial charge in [-0.15, -0.1) is 0 Å². The molecule has 0 unspecified atom stereocenters. The number of carbonyl (C=O) groups excluding carboxylic acids is 2. The first-order chi connectivity index (χ1) is 20.2. The molecule has 2 aliphatic heterocycles. The highest BCUT2D eigenvalue weighted by atomic mass is 35.5. The number of phenolic OH excluding ortho intramolecular Hbond substituents is 1. The van der Waals surface area contributed by atoms with E-state index in [0.29, 0.717) is 36.6 Å². The minimum Gasteiger partial charge on any atom is -0.508 e. The summed E-state index contributed by atoms with van der Waals surface area (Å²) >= 11 is 6.43. The summed E-state index contributed by atoms with van der Waals surface area (Å²) in [4.78, 5) is 28.5. The molecule has 0 spiro atoms. The van der Waals surface area contributed by atoms with Crippen LogP contribution in [-0.2, 0) is 14.3 Å². The van der Waals surface area contributed by atoms with Gasteiger partial charge in [-0.2, -0.15) is 0 Å². The van der Waals surface area contributed by atoms with E-state index in [9.17, 15) is 24.7 Å². The molecule has 3 aromatic carbocycles. The van der Waals surface area contributed by atoms with Crippen molar-refractivity contribution in [2.45, 2.75) is 32.3 Å². The summed E-state index contributed by atoms with van der Waals surface area (Å²) in [5.74, 6) is -1.56. The van der Waals surface area contributed by atoms with Crippen molar-refractivity contribution in [3.05, 3.63) is 100 Å². The summed E-state index contributed by atoms with van der Waals surface area (Å²) in [5.41, 5.74) is 5.73. The minimum absolute atomic E-state index is 0.110. The highest BCUT2D eigenvalue weighted by Gasteiger charge is 2.56. The van der Waals surface area contributed by atoms with Crippen LogP contribution in [0.25, 0.3) is 11.6 Å². The van der Waals surface area contributed by atoms with Gasteiger partial charge in [-0.05, 0) is 90.3 Å². The number of amides is 2. The number of aromatic hydroxyl groups is 1. The van der Waals surface area contributed by atoms with Gasteiger partial charge in [-0.25, -0.2) is 0 Å². The molecule has 9 heteroatoms. The molecular formula is C33H31BClNO6. The summed E-state index contributed by atoms with van der Waals surface area (Å²) in [6.45, 7) is 2.41. The van der Waals surface area contributed by atoms with Crippen LogP contribution < -0.4 is 10.4 Å². The number of fused-ring (bicyclic) bond motifs is 3. The number of anilines is 1. The Labute approximate surface area is 249 Å². The Morgan fingerprint density at radius 1 is 1.02 bits per heavy atom. The van der Waals surface area contributed by atoms with Crippen LogP contribution in [0.5, 0.6) is 5.75 Å². The van der Waals surface area contributed by atoms with E-state index < -0.39 is 19.0 Å². The number of benzene rings is 3. The second-order valence-corrected chi connectivity index (χ2v) is 11.7. The third-order valence-electron chi connectivity index (χ3n) is 8.71. The molecule has 2 heterocycles. The molecule has 0 aromatic heterocycles. The summed E-state index contributed by atoms with van der Waals surface area (Å²) in [6, 6.07) is 21.3. The van der Waals surface area contributed by atoms with Crippen molar-refractivity contribution >= 4 is 53.3 Å². The highest BCUT2D eigenvalue weighted by Crippen LogP contribution is 2.50. The number of nitrogens with zero attached hydrogens (tertiary/aromatic N) is 1. The number of rotatable bonds is 7. The van der Waals surface area contributed by atoms with Crippen LogP contribution in [0.1, 0.15) is 37.3 Å². The second kappa shape index (κ2) is 11.5. The zero-order valence-corrected chi connectivity index (χ0v) is 23.9. The van der Waals surface area contributed by atoms with E-state index in [1.54, 1.807) is 30.3 Å². The van der Waals surface area contributed by atoms with E-state index in [2.05, 4.69) is 12.1 Å². The molecule has 42 heavy (non-hydrogen) atoms. The van der Waals surface area contributed by atoms with E-state index in [1.807, 2.05) is 31.2 Å². The van der Waals surface area contributed by atoms with Gasteiger partial charge in [0.25, 0.3) is 0 Å². The van der Waals surface area contributed by atoms with Crippen molar-refractivity contribution in [3.8, 4) is 5.75 Å². The topological polar surface area (TPSA) is 107 Å². The number of ether oxygens (including phenoxy) is 1. The molecule has 0 saturated carbocycles. The molecule has 0 bridgehead atoms. The van der Waals surface area contributed by atoms with Gasteiger partial charge in [0.1, 0.15) is 5.75 Å². The van der Waals surface area contributed by atoms with Gasteiger partial charge in [-0.1, -0.05) is 59.6 Å². The maximum absolute atomic E-state index is 13.8. The average Bonchev–Trinajstić information content (AvgIpc) is 3.51. The van der Waals surface area contributed by atoms with Gasteiger partial charge >= 0.3 is 7.12 Å². The molecule has 3 N–H and O–H groups in total. The number of phenols is 1. The number of carbonyl (C=O) groups is 2. The number of imide groups is 1. The van der Waals surface area contributed by atoms with E-state index >= 15 is 0 Å². The molecule has 3 aliphatic rings. The molecule has 4 atom stereocenters. The average molecular weight is 584 g/mol. The third-order valence-corrected chi connectivity index (χ3v) is 9.04. The van der Waals surface area contributed by atoms with Gasteiger partial charge in [0.15, 0.2) is 0 Å². The predicted octanol–water partition coefficient (Wildman–Crippen LogP) is 4.59. The molecule has 2 fully saturated rings. The van der Waals surface area contributed by atoms with Crippen LogP contribution in [0.2, 0.25) is 5.02 Å². The molecule has 0 radical (unpaired) electrons. The summed E-state index contributed by atoms with van der Waals surface area (Å²) < 4.78 is 6.34. The van der Waals surface area contributed by atoms with Crippen LogP contribution >= 0.6 is 11.6 Å². The van der Waals surface area contributed by atoms with E-state index in [4.69, 9.17) is 16.3 Å². The van der Waals surface area contributed by atoms with Crippen molar-refractivity contribution in [1.29, 1.82) is 0 Å². The van der Waals surface area contributed by atoms with Crippen molar-refractivity contribution in [2.75, 3.05) is 11.5 Å². The lowest BCUT2D eigenvalue weighted by Crippen LogP contribution is -2.35. The van der Waals surface area contributed by atoms with Gasteiger partial charge < -0.3 is 19.9 Å². The smallest absolute Gasteiger partial charge is 0.488 e. The van der Waals surface area contributed by atoms with E-state index in [1.165, 1.54) is 17.0 Å². The van der Waals surface area contributed by atoms with Gasteiger partial charge in [0, 0.05) is 5.92 Å². The normalized spacial score (nSPS) is 23.8. The maximum atomic E-state index is 13.8. The fourth-order valence-electron chi connectivity index (χ4n) is 6.77. The molecule has 6 rings (SSSR count). The number of halogens is 1. The Balaban J connectivity index is 1.25. The molecule has 1 aliphatic carbocycles. The monoisotopic (exact) mass is 583 g/mol. The first kappa shape index (κ1) is 28.4. The van der Waals surface area contributed by atoms with Gasteiger partial charge in [0.05, 0.1) is 35.3 Å². The Morgan fingerprint density at radius 3 is 2.55 bits per heavy atom. The molecule has 2 saturated heterocycles. The number of hydrogen-bond donors (Lipinski definition) is 3. The number of allylic oxidation sites excluding steroid dienone is 2. The Bertz CT molecular complexity index is 1600. The van der Waals surface area contributed by atoms with Crippen LogP contribution in [-0.4, -0.2) is 46.8 Å². The van der Waals surface area contributed by atoms with Crippen molar-refractivity contribution < 1.29 is 29.5 Å². The lowest BCUT2D eigenvalue weighted by atomic mass is 9.70. The number of hydrogen-bond acceptors (Lipinski definition) is 6. The van der Waals surface area contributed by atoms with Crippen molar-refractivity contribution in [3.63, 3.8) is 0 Å². The highest BCUT2D eigenvalue weighted by molar-refractivity contribution is 6.58. The Morgan fingerprint density at radius 2 is 1.81 bits per heavy atom. The minimum atomic E-state index is -1.69. The fourth-order valence-corrected chi connectivity index (χ4v) is 7.00. The molecular weight excluding hydrogens is 553 g/mol. The molecule has 7 nitrogen and oxygen atoms in total. The predicted molar refractivity (Wildman–Crippen MR) is 163 cm³/mol. The Hall–Kier alpha value is -3.69. The molecule has 214 valence electrons. The van der Waals surface area contributed by atoms with Crippen molar-refractivity contribution in [1.82, 2.24) is 0 Å². The van der Waals surface area contributed by atoms with Crippen LogP contribution in [0.15, 0.2) is 83.9 Å². The second-order valence-electron chi connectivity index (χ2n) is 11.3. The maximum Gasteiger partial charge on any atom is 0.488 e. The summed E-state index contributed by atoms with van der Waals surface area (Å²) in [6.07, 6.45) is 3.74. The van der Waals surface area contributed by atoms with Crippen LogP contribution in [0.3, 0.4) is 0 Å². The summed E-state index contributed by atoms with van der Waals surface area (Å²) in [7, 11) is -1.69. The summed E-state index contributed by atoms with van der Waals surface area (Å²) in [5, 5.41) is 29.5. The zero-order valence-electron chi connectivity index (χ0n) is 23.1.